The zero-order chi connectivity index (χ0) is 52.9. The highest BCUT2D eigenvalue weighted by molar-refractivity contribution is 5.76. The Hall–Kier alpha value is -1.40. The van der Waals surface area contributed by atoms with Gasteiger partial charge in [0.05, 0.1) is 25.4 Å². The molecule has 2 unspecified atom stereocenters. The van der Waals surface area contributed by atoms with Gasteiger partial charge in [-0.15, -0.1) is 0 Å². The van der Waals surface area contributed by atoms with Gasteiger partial charge in [-0.2, -0.15) is 0 Å². The van der Waals surface area contributed by atoms with Gasteiger partial charge in [-0.25, -0.2) is 0 Å². The van der Waals surface area contributed by atoms with Crippen molar-refractivity contribution in [1.82, 2.24) is 5.32 Å². The topological polar surface area (TPSA) is 95.9 Å². The molecule has 0 rings (SSSR count). The maximum absolute atomic E-state index is 12.5. The Morgan fingerprint density at radius 3 is 0.973 bits per heavy atom. The van der Waals surface area contributed by atoms with Gasteiger partial charge >= 0.3 is 5.97 Å². The Kier molecular flexibility index (Phi) is 61.9. The highest BCUT2D eigenvalue weighted by Crippen LogP contribution is 2.19. The zero-order valence-electron chi connectivity index (χ0n) is 49.6. The monoisotopic (exact) mass is 1030 g/mol. The van der Waals surface area contributed by atoms with Gasteiger partial charge in [-0.1, -0.05) is 328 Å². The van der Waals surface area contributed by atoms with Crippen LogP contribution in [-0.4, -0.2) is 47.4 Å². The highest BCUT2D eigenvalue weighted by Gasteiger charge is 2.20. The molecule has 73 heavy (non-hydrogen) atoms. The molecule has 2 atom stereocenters. The van der Waals surface area contributed by atoms with E-state index in [2.05, 4.69) is 31.3 Å². The van der Waals surface area contributed by atoms with Crippen LogP contribution in [0.5, 0.6) is 0 Å². The van der Waals surface area contributed by atoms with Crippen molar-refractivity contribution in [2.75, 3.05) is 13.2 Å². The molecule has 0 saturated heterocycles. The first-order chi connectivity index (χ1) is 36.0. The van der Waals surface area contributed by atoms with Gasteiger partial charge in [0.15, 0.2) is 0 Å². The molecule has 1 amide bonds. The number of unbranched alkanes of at least 4 members (excludes halogenated alkanes) is 50. The molecule has 0 heterocycles. The van der Waals surface area contributed by atoms with E-state index in [-0.39, 0.29) is 18.5 Å². The van der Waals surface area contributed by atoms with Crippen LogP contribution in [0.3, 0.4) is 0 Å². The number of carbonyl (C=O) groups is 2. The third-order valence-electron chi connectivity index (χ3n) is 15.8. The SMILES string of the molecule is CCCCCCCCC/C=C\CCCCCCCCCC(=O)OCCCCCCCCCCCCCCCCCC(=O)NC(CO)C(O)CCCCCCCCCCCCCCCCCCCCCCCCC. The minimum atomic E-state index is -0.671. The molecule has 0 fully saturated rings. The van der Waals surface area contributed by atoms with Crippen LogP contribution >= 0.6 is 0 Å². The van der Waals surface area contributed by atoms with Crippen molar-refractivity contribution in [3.05, 3.63) is 12.2 Å². The zero-order valence-corrected chi connectivity index (χ0v) is 49.6. The van der Waals surface area contributed by atoms with Crippen LogP contribution in [0.15, 0.2) is 12.2 Å². The number of aliphatic hydroxyl groups is 2. The van der Waals surface area contributed by atoms with Crippen LogP contribution < -0.4 is 5.32 Å². The first kappa shape index (κ1) is 71.6. The second-order valence-electron chi connectivity index (χ2n) is 23.2. The van der Waals surface area contributed by atoms with Crippen LogP contribution in [-0.2, 0) is 14.3 Å². The van der Waals surface area contributed by atoms with Crippen molar-refractivity contribution in [2.24, 2.45) is 0 Å². The summed E-state index contributed by atoms with van der Waals surface area (Å²) >= 11 is 0. The van der Waals surface area contributed by atoms with Gasteiger partial charge in [0.25, 0.3) is 0 Å². The number of carbonyl (C=O) groups excluding carboxylic acids is 2. The second-order valence-corrected chi connectivity index (χ2v) is 23.2. The number of nitrogens with one attached hydrogen (secondary N) is 1. The molecule has 434 valence electrons. The van der Waals surface area contributed by atoms with E-state index >= 15 is 0 Å². The molecule has 0 radical (unpaired) electrons. The summed E-state index contributed by atoms with van der Waals surface area (Å²) in [4.78, 5) is 24.6. The number of rotatable bonds is 63. The summed E-state index contributed by atoms with van der Waals surface area (Å²) in [6.45, 7) is 4.97. The third-order valence-corrected chi connectivity index (χ3v) is 15.8. The number of aliphatic hydroxyl groups excluding tert-OH is 2. The standard InChI is InChI=1S/C67H131NO5/c1-3-5-7-9-11-13-15-17-19-21-23-24-25-26-27-28-31-35-39-43-47-51-55-59-65(70)64(63-69)68-66(71)60-56-52-48-44-40-36-32-30-34-38-42-46-50-54-58-62-73-67(72)61-57-53-49-45-41-37-33-29-22-20-18-16-14-12-10-8-6-4-2/h20,22,64-65,69-70H,3-19,21,23-63H2,1-2H3,(H,68,71)/b22-20-. The van der Waals surface area contributed by atoms with Crippen molar-refractivity contribution in [2.45, 2.75) is 392 Å². The number of hydrogen-bond donors (Lipinski definition) is 3. The summed E-state index contributed by atoms with van der Waals surface area (Å²) in [7, 11) is 0. The van der Waals surface area contributed by atoms with E-state index in [9.17, 15) is 19.8 Å². The van der Waals surface area contributed by atoms with Gasteiger partial charge in [0.2, 0.25) is 5.91 Å². The quantitative estimate of drug-likeness (QED) is 0.0320. The number of hydrogen-bond acceptors (Lipinski definition) is 5. The summed E-state index contributed by atoms with van der Waals surface area (Å²) in [6, 6.07) is -0.549. The van der Waals surface area contributed by atoms with E-state index in [0.717, 1.165) is 44.9 Å². The lowest BCUT2D eigenvalue weighted by atomic mass is 10.0. The fourth-order valence-corrected chi connectivity index (χ4v) is 10.7. The molecule has 0 aromatic rings. The summed E-state index contributed by atoms with van der Waals surface area (Å²) in [6.07, 6.45) is 76.6. The number of amides is 1. The molecule has 3 N–H and O–H groups in total. The maximum Gasteiger partial charge on any atom is 0.305 e. The third kappa shape index (κ3) is 59.7. The van der Waals surface area contributed by atoms with Crippen LogP contribution in [0.2, 0.25) is 0 Å². The highest BCUT2D eigenvalue weighted by atomic mass is 16.5. The maximum atomic E-state index is 12.5. The van der Waals surface area contributed by atoms with Gasteiger partial charge in [0, 0.05) is 12.8 Å². The van der Waals surface area contributed by atoms with Crippen molar-refractivity contribution in [3.8, 4) is 0 Å². The number of esters is 1. The first-order valence-electron chi connectivity index (χ1n) is 33.4. The largest absolute Gasteiger partial charge is 0.466 e. The molecule has 0 bridgehead atoms. The lowest BCUT2D eigenvalue weighted by Crippen LogP contribution is -2.45. The minimum Gasteiger partial charge on any atom is -0.466 e. The van der Waals surface area contributed by atoms with Crippen molar-refractivity contribution < 1.29 is 24.5 Å². The average Bonchev–Trinajstić information content (AvgIpc) is 3.39. The average molecular weight is 1030 g/mol. The Bertz CT molecular complexity index is 1100. The van der Waals surface area contributed by atoms with Crippen LogP contribution in [0.4, 0.5) is 0 Å². The number of ether oxygens (including phenoxy) is 1. The van der Waals surface area contributed by atoms with Gasteiger partial charge in [-0.3, -0.25) is 9.59 Å². The van der Waals surface area contributed by atoms with Crippen LogP contribution in [0.25, 0.3) is 0 Å². The first-order valence-corrected chi connectivity index (χ1v) is 33.4. The lowest BCUT2D eigenvalue weighted by molar-refractivity contribution is -0.143. The van der Waals surface area contributed by atoms with Gasteiger partial charge in [-0.05, 0) is 51.4 Å². The Morgan fingerprint density at radius 1 is 0.370 bits per heavy atom. The molecule has 0 spiro atoms. The van der Waals surface area contributed by atoms with E-state index < -0.39 is 12.1 Å². The fourth-order valence-electron chi connectivity index (χ4n) is 10.7. The van der Waals surface area contributed by atoms with E-state index in [1.165, 1.54) is 302 Å². The van der Waals surface area contributed by atoms with E-state index in [0.29, 0.717) is 25.9 Å². The van der Waals surface area contributed by atoms with Gasteiger partial charge in [0.1, 0.15) is 0 Å². The molecule has 0 aromatic carbocycles. The number of allylic oxidation sites excluding steroid dienone is 2. The predicted molar refractivity (Wildman–Crippen MR) is 320 cm³/mol. The molecule has 0 aliphatic carbocycles. The fraction of sp³-hybridized carbons (Fsp3) is 0.940. The van der Waals surface area contributed by atoms with Crippen molar-refractivity contribution in [3.63, 3.8) is 0 Å². The van der Waals surface area contributed by atoms with Crippen molar-refractivity contribution >= 4 is 11.9 Å². The van der Waals surface area contributed by atoms with Crippen molar-refractivity contribution in [1.29, 1.82) is 0 Å². The Morgan fingerprint density at radius 2 is 0.644 bits per heavy atom. The molecule has 0 aliphatic heterocycles. The van der Waals surface area contributed by atoms with E-state index in [1.807, 2.05) is 0 Å². The molecular weight excluding hydrogens is 899 g/mol. The predicted octanol–water partition coefficient (Wildman–Crippen LogP) is 21.2. The molecular formula is C67H131NO5. The Labute approximate surface area is 457 Å². The summed E-state index contributed by atoms with van der Waals surface area (Å²) in [5, 5.41) is 23.4. The van der Waals surface area contributed by atoms with Crippen LogP contribution in [0.1, 0.15) is 380 Å². The summed E-state index contributed by atoms with van der Waals surface area (Å²) < 4.78 is 5.49. The molecule has 6 heteroatoms. The van der Waals surface area contributed by atoms with E-state index in [4.69, 9.17) is 4.74 Å². The molecule has 0 aromatic heterocycles. The second kappa shape index (κ2) is 63.1. The minimum absolute atomic E-state index is 0.000681. The molecule has 0 aliphatic rings. The Balaban J connectivity index is 3.41. The van der Waals surface area contributed by atoms with Crippen LogP contribution in [0, 0.1) is 0 Å². The molecule has 0 saturated carbocycles. The molecule has 6 nitrogen and oxygen atoms in total. The lowest BCUT2D eigenvalue weighted by Gasteiger charge is -2.22. The smallest absolute Gasteiger partial charge is 0.305 e. The normalized spacial score (nSPS) is 12.5. The van der Waals surface area contributed by atoms with Gasteiger partial charge < -0.3 is 20.3 Å². The summed E-state index contributed by atoms with van der Waals surface area (Å²) in [5.74, 6) is -0.0395. The van der Waals surface area contributed by atoms with E-state index in [1.54, 1.807) is 0 Å². The summed E-state index contributed by atoms with van der Waals surface area (Å²) in [5.41, 5.74) is 0.